The predicted molar refractivity (Wildman–Crippen MR) is 106 cm³/mol. The SMILES string of the molecule is Cc1cccc(-c2n[nH]c(=S)n2CC(=O)NCCN2CCCCCC2)c1. The van der Waals surface area contributed by atoms with Crippen molar-refractivity contribution in [1.82, 2.24) is 25.0 Å². The number of likely N-dealkylation sites (tertiary alicyclic amines) is 1. The Morgan fingerprint density at radius 1 is 1.27 bits per heavy atom. The smallest absolute Gasteiger partial charge is 0.240 e. The molecule has 26 heavy (non-hydrogen) atoms. The zero-order chi connectivity index (χ0) is 18.4. The normalized spacial score (nSPS) is 15.6. The van der Waals surface area contributed by atoms with Gasteiger partial charge in [-0.1, -0.05) is 36.6 Å². The molecule has 2 aromatic rings. The van der Waals surface area contributed by atoms with Gasteiger partial charge in [0.25, 0.3) is 0 Å². The summed E-state index contributed by atoms with van der Waals surface area (Å²) < 4.78 is 2.22. The zero-order valence-corrected chi connectivity index (χ0v) is 16.1. The fourth-order valence-corrected chi connectivity index (χ4v) is 3.58. The summed E-state index contributed by atoms with van der Waals surface area (Å²) in [5, 5.41) is 10.1. The van der Waals surface area contributed by atoms with Crippen molar-refractivity contribution in [2.45, 2.75) is 39.2 Å². The molecular weight excluding hydrogens is 346 g/mol. The molecule has 0 bridgehead atoms. The van der Waals surface area contributed by atoms with Crippen LogP contribution in [0.4, 0.5) is 0 Å². The van der Waals surface area contributed by atoms with Crippen LogP contribution < -0.4 is 5.32 Å². The standard InChI is InChI=1S/C19H27N5OS/c1-15-7-6-8-16(13-15)18-21-22-19(26)24(18)14-17(25)20-9-12-23-10-4-2-3-5-11-23/h6-8,13H,2-5,9-12,14H2,1H3,(H,20,25)(H,22,26). The van der Waals surface area contributed by atoms with Crippen LogP contribution in [0.5, 0.6) is 0 Å². The third-order valence-electron chi connectivity index (χ3n) is 4.79. The van der Waals surface area contributed by atoms with Crippen LogP contribution in [-0.4, -0.2) is 51.8 Å². The van der Waals surface area contributed by atoms with Gasteiger partial charge in [0.15, 0.2) is 10.6 Å². The average molecular weight is 374 g/mol. The summed E-state index contributed by atoms with van der Waals surface area (Å²) in [5.74, 6) is 0.660. The van der Waals surface area contributed by atoms with Crippen molar-refractivity contribution in [3.8, 4) is 11.4 Å². The molecule has 1 aliphatic heterocycles. The van der Waals surface area contributed by atoms with Gasteiger partial charge < -0.3 is 10.2 Å². The van der Waals surface area contributed by atoms with E-state index < -0.39 is 0 Å². The van der Waals surface area contributed by atoms with Crippen LogP contribution in [0.2, 0.25) is 0 Å². The Kier molecular flexibility index (Phi) is 6.57. The molecule has 1 aliphatic rings. The summed E-state index contributed by atoms with van der Waals surface area (Å²) >= 11 is 5.31. The van der Waals surface area contributed by atoms with Gasteiger partial charge in [0.1, 0.15) is 6.54 Å². The molecule has 0 aliphatic carbocycles. The van der Waals surface area contributed by atoms with E-state index in [1.165, 1.54) is 25.7 Å². The van der Waals surface area contributed by atoms with Gasteiger partial charge in [-0.05, 0) is 51.1 Å². The summed E-state index contributed by atoms with van der Waals surface area (Å²) in [4.78, 5) is 14.8. The molecule has 0 radical (unpaired) electrons. The molecule has 0 atom stereocenters. The second-order valence-electron chi connectivity index (χ2n) is 6.91. The molecule has 0 saturated carbocycles. The Hall–Kier alpha value is -1.99. The van der Waals surface area contributed by atoms with Crippen LogP contribution in [0.1, 0.15) is 31.2 Å². The van der Waals surface area contributed by atoms with Crippen molar-refractivity contribution in [2.75, 3.05) is 26.2 Å². The average Bonchev–Trinajstić information content (AvgIpc) is 2.82. The number of carbonyl (C=O) groups is 1. The number of rotatable bonds is 6. The fourth-order valence-electron chi connectivity index (χ4n) is 3.38. The Morgan fingerprint density at radius 3 is 2.77 bits per heavy atom. The molecular formula is C19H27N5OS. The summed E-state index contributed by atoms with van der Waals surface area (Å²) in [7, 11) is 0. The van der Waals surface area contributed by atoms with Crippen molar-refractivity contribution in [2.24, 2.45) is 0 Å². The van der Waals surface area contributed by atoms with Gasteiger partial charge in [0, 0.05) is 18.7 Å². The van der Waals surface area contributed by atoms with Crippen molar-refractivity contribution in [3.63, 3.8) is 0 Å². The molecule has 1 aromatic carbocycles. The molecule has 0 spiro atoms. The minimum absolute atomic E-state index is 0.0359. The number of aromatic amines is 1. The topological polar surface area (TPSA) is 66.0 Å². The van der Waals surface area contributed by atoms with Gasteiger partial charge in [-0.15, -0.1) is 0 Å². The number of H-pyrrole nitrogens is 1. The fraction of sp³-hybridized carbons (Fsp3) is 0.526. The first-order valence-corrected chi connectivity index (χ1v) is 9.75. The van der Waals surface area contributed by atoms with Gasteiger partial charge in [-0.2, -0.15) is 5.10 Å². The van der Waals surface area contributed by atoms with E-state index in [1.54, 1.807) is 4.57 Å². The quantitative estimate of drug-likeness (QED) is 0.764. The largest absolute Gasteiger partial charge is 0.353 e. The number of aromatic nitrogens is 3. The van der Waals surface area contributed by atoms with Crippen LogP contribution >= 0.6 is 12.2 Å². The third kappa shape index (κ3) is 5.02. The maximum absolute atomic E-state index is 12.4. The number of benzene rings is 1. The number of aryl methyl sites for hydroxylation is 1. The van der Waals surface area contributed by atoms with E-state index in [4.69, 9.17) is 12.2 Å². The van der Waals surface area contributed by atoms with Crippen LogP contribution in [-0.2, 0) is 11.3 Å². The molecule has 140 valence electrons. The Labute approximate surface area is 159 Å². The van der Waals surface area contributed by atoms with Gasteiger partial charge in [0.2, 0.25) is 5.91 Å². The number of carbonyl (C=O) groups excluding carboxylic acids is 1. The van der Waals surface area contributed by atoms with Crippen molar-refractivity contribution < 1.29 is 4.79 Å². The minimum Gasteiger partial charge on any atom is -0.353 e. The van der Waals surface area contributed by atoms with Crippen molar-refractivity contribution in [1.29, 1.82) is 0 Å². The molecule has 1 amide bonds. The van der Waals surface area contributed by atoms with Gasteiger partial charge in [-0.25, -0.2) is 0 Å². The Balaban J connectivity index is 1.57. The Bertz CT molecular complexity index is 789. The highest BCUT2D eigenvalue weighted by atomic mass is 32.1. The van der Waals surface area contributed by atoms with E-state index in [9.17, 15) is 4.79 Å². The van der Waals surface area contributed by atoms with Crippen LogP contribution in [0, 0.1) is 11.7 Å². The van der Waals surface area contributed by atoms with Crippen LogP contribution in [0.3, 0.4) is 0 Å². The maximum atomic E-state index is 12.4. The first kappa shape index (κ1) is 18.8. The molecule has 2 heterocycles. The minimum atomic E-state index is -0.0359. The number of hydrogen-bond donors (Lipinski definition) is 2. The van der Waals surface area contributed by atoms with Gasteiger partial charge in [0.05, 0.1) is 0 Å². The van der Waals surface area contributed by atoms with E-state index >= 15 is 0 Å². The summed E-state index contributed by atoms with van der Waals surface area (Å²) in [6.07, 6.45) is 5.17. The first-order valence-electron chi connectivity index (χ1n) is 9.35. The van der Waals surface area contributed by atoms with E-state index in [1.807, 2.05) is 31.2 Å². The van der Waals surface area contributed by atoms with Crippen molar-refractivity contribution in [3.05, 3.63) is 34.6 Å². The van der Waals surface area contributed by atoms with E-state index in [2.05, 4.69) is 20.4 Å². The molecule has 7 heteroatoms. The third-order valence-corrected chi connectivity index (χ3v) is 5.10. The highest BCUT2D eigenvalue weighted by molar-refractivity contribution is 7.71. The molecule has 3 rings (SSSR count). The number of nitrogens with one attached hydrogen (secondary N) is 2. The number of amides is 1. The lowest BCUT2D eigenvalue weighted by atomic mass is 10.1. The Morgan fingerprint density at radius 2 is 2.04 bits per heavy atom. The zero-order valence-electron chi connectivity index (χ0n) is 15.3. The van der Waals surface area contributed by atoms with Crippen LogP contribution in [0.25, 0.3) is 11.4 Å². The van der Waals surface area contributed by atoms with Crippen LogP contribution in [0.15, 0.2) is 24.3 Å². The number of nitrogens with zero attached hydrogens (tertiary/aromatic N) is 3. The van der Waals surface area contributed by atoms with E-state index in [0.717, 1.165) is 30.8 Å². The molecule has 6 nitrogen and oxygen atoms in total. The van der Waals surface area contributed by atoms with E-state index in [-0.39, 0.29) is 12.5 Å². The molecule has 1 fully saturated rings. The van der Waals surface area contributed by atoms with Gasteiger partial charge in [-0.3, -0.25) is 14.5 Å². The predicted octanol–water partition coefficient (Wildman–Crippen LogP) is 2.91. The monoisotopic (exact) mass is 373 g/mol. The molecule has 1 aromatic heterocycles. The molecule has 1 saturated heterocycles. The second-order valence-corrected chi connectivity index (χ2v) is 7.30. The van der Waals surface area contributed by atoms with E-state index in [0.29, 0.717) is 17.1 Å². The first-order chi connectivity index (χ1) is 12.6. The lowest BCUT2D eigenvalue weighted by molar-refractivity contribution is -0.121. The summed E-state index contributed by atoms with van der Waals surface area (Å²) in [5.41, 5.74) is 2.10. The highest BCUT2D eigenvalue weighted by Crippen LogP contribution is 2.18. The molecule has 2 N–H and O–H groups in total. The van der Waals surface area contributed by atoms with Gasteiger partial charge >= 0.3 is 0 Å². The summed E-state index contributed by atoms with van der Waals surface area (Å²) in [6, 6.07) is 8.03. The second kappa shape index (κ2) is 9.09. The molecule has 0 unspecified atom stereocenters. The highest BCUT2D eigenvalue weighted by Gasteiger charge is 2.13. The summed E-state index contributed by atoms with van der Waals surface area (Å²) in [6.45, 7) is 6.07. The lowest BCUT2D eigenvalue weighted by Crippen LogP contribution is -2.36. The van der Waals surface area contributed by atoms with Crippen molar-refractivity contribution >= 4 is 18.1 Å². The lowest BCUT2D eigenvalue weighted by Gasteiger charge is -2.19. The number of hydrogen-bond acceptors (Lipinski definition) is 4. The maximum Gasteiger partial charge on any atom is 0.240 e.